The molecule has 1 heterocycles. The lowest BCUT2D eigenvalue weighted by atomic mass is 9.73. The lowest BCUT2D eigenvalue weighted by molar-refractivity contribution is 0.560. The van der Waals surface area contributed by atoms with Crippen molar-refractivity contribution < 1.29 is 0 Å². The first kappa shape index (κ1) is 35.3. The van der Waals surface area contributed by atoms with Gasteiger partial charge in [0.25, 0.3) is 0 Å². The summed E-state index contributed by atoms with van der Waals surface area (Å²) in [5.41, 5.74) is 12.7. The second-order valence-electron chi connectivity index (χ2n) is 16.2. The Balaban J connectivity index is 1.17. The SMILES string of the molecule is C#CCC1(CC#C)c2ccccc2-c2ccc(-c3cc(-c4ccc5ccc6cccc7ccc4c5c67)nc(-c4ccc5c(c4)C(CC#C)(CC#C)c4ccccc4-5)n3)cc21. The van der Waals surface area contributed by atoms with Crippen molar-refractivity contribution in [3.05, 3.63) is 168 Å². The van der Waals surface area contributed by atoms with E-state index in [4.69, 9.17) is 35.7 Å². The third kappa shape index (κ3) is 4.90. The molecule has 0 amide bonds. The zero-order valence-electron chi connectivity index (χ0n) is 32.9. The normalized spacial score (nSPS) is 13.8. The number of terminal acetylenes is 4. The second kappa shape index (κ2) is 13.3. The highest BCUT2D eigenvalue weighted by Crippen LogP contribution is 2.55. The van der Waals surface area contributed by atoms with Gasteiger partial charge in [0.1, 0.15) is 0 Å². The summed E-state index contributed by atoms with van der Waals surface area (Å²) in [7, 11) is 0. The van der Waals surface area contributed by atoms with Gasteiger partial charge >= 0.3 is 0 Å². The first-order valence-electron chi connectivity index (χ1n) is 20.3. The van der Waals surface area contributed by atoms with Crippen LogP contribution in [0.5, 0.6) is 0 Å². The number of benzene rings is 8. The lowest BCUT2D eigenvalue weighted by Crippen LogP contribution is -2.24. The van der Waals surface area contributed by atoms with Gasteiger partial charge in [-0.3, -0.25) is 0 Å². The van der Waals surface area contributed by atoms with Crippen LogP contribution in [-0.4, -0.2) is 9.97 Å². The van der Waals surface area contributed by atoms with Crippen LogP contribution in [0.2, 0.25) is 0 Å². The van der Waals surface area contributed by atoms with E-state index in [0.29, 0.717) is 31.5 Å². The molecule has 1 aromatic heterocycles. The van der Waals surface area contributed by atoms with Crippen molar-refractivity contribution in [2.45, 2.75) is 36.5 Å². The van der Waals surface area contributed by atoms with Gasteiger partial charge in [0.05, 0.1) is 11.4 Å². The monoisotopic (exact) mass is 760 g/mol. The average molecular weight is 761 g/mol. The van der Waals surface area contributed by atoms with Crippen LogP contribution in [0.1, 0.15) is 47.9 Å². The quantitative estimate of drug-likeness (QED) is 0.119. The molecule has 8 aromatic carbocycles. The summed E-state index contributed by atoms with van der Waals surface area (Å²) in [5.74, 6) is 12.5. The Kier molecular flexibility index (Phi) is 7.85. The van der Waals surface area contributed by atoms with Crippen LogP contribution in [0, 0.1) is 49.4 Å². The molecule has 0 saturated heterocycles. The molecule has 2 heteroatoms. The van der Waals surface area contributed by atoms with Gasteiger partial charge in [0.2, 0.25) is 0 Å². The van der Waals surface area contributed by atoms with Gasteiger partial charge in [0, 0.05) is 53.2 Å². The van der Waals surface area contributed by atoms with Crippen LogP contribution in [0.3, 0.4) is 0 Å². The minimum absolute atomic E-state index is 0.480. The number of aromatic nitrogens is 2. The van der Waals surface area contributed by atoms with Crippen LogP contribution >= 0.6 is 0 Å². The van der Waals surface area contributed by atoms with Crippen molar-refractivity contribution in [2.75, 3.05) is 0 Å². The van der Waals surface area contributed by atoms with Crippen LogP contribution in [-0.2, 0) is 10.8 Å². The topological polar surface area (TPSA) is 25.8 Å². The highest BCUT2D eigenvalue weighted by atomic mass is 14.9. The molecule has 2 aliphatic carbocycles. The number of fused-ring (bicyclic) bond motifs is 6. The third-order valence-corrected chi connectivity index (χ3v) is 13.2. The molecule has 0 spiro atoms. The molecule has 0 atom stereocenters. The average Bonchev–Trinajstić information content (AvgIpc) is 3.71. The van der Waals surface area contributed by atoms with E-state index in [1.54, 1.807) is 0 Å². The predicted octanol–water partition coefficient (Wildman–Crippen LogP) is 13.0. The summed E-state index contributed by atoms with van der Waals surface area (Å²) >= 11 is 0. The molecule has 278 valence electrons. The number of hydrogen-bond donors (Lipinski definition) is 0. The zero-order valence-corrected chi connectivity index (χ0v) is 32.9. The summed E-state index contributed by atoms with van der Waals surface area (Å²) in [5, 5.41) is 7.27. The highest BCUT2D eigenvalue weighted by Gasteiger charge is 2.43. The van der Waals surface area contributed by atoms with Gasteiger partial charge in [-0.2, -0.15) is 0 Å². The molecular formula is C58H36N2. The Morgan fingerprint density at radius 1 is 0.383 bits per heavy atom. The molecular weight excluding hydrogens is 725 g/mol. The Labute approximate surface area is 350 Å². The Hall–Kier alpha value is -7.88. The smallest absolute Gasteiger partial charge is 0.160 e. The molecule has 11 rings (SSSR count). The maximum atomic E-state index is 6.12. The number of rotatable bonds is 7. The molecule has 2 aliphatic rings. The van der Waals surface area contributed by atoms with Crippen LogP contribution in [0.25, 0.3) is 88.5 Å². The van der Waals surface area contributed by atoms with E-state index >= 15 is 0 Å². The van der Waals surface area contributed by atoms with Gasteiger partial charge in [0.15, 0.2) is 5.82 Å². The molecule has 0 fully saturated rings. The Morgan fingerprint density at radius 2 is 0.850 bits per heavy atom. The van der Waals surface area contributed by atoms with Crippen molar-refractivity contribution in [2.24, 2.45) is 0 Å². The molecule has 0 bridgehead atoms. The highest BCUT2D eigenvalue weighted by molar-refractivity contribution is 6.25. The third-order valence-electron chi connectivity index (χ3n) is 13.2. The lowest BCUT2D eigenvalue weighted by Gasteiger charge is -2.28. The molecule has 9 aromatic rings. The van der Waals surface area contributed by atoms with E-state index in [1.807, 2.05) is 0 Å². The summed E-state index contributed by atoms with van der Waals surface area (Å²) in [6.45, 7) is 0. The van der Waals surface area contributed by atoms with Gasteiger partial charge in [-0.05, 0) is 95.0 Å². The fourth-order valence-corrected chi connectivity index (χ4v) is 10.6. The Morgan fingerprint density at radius 3 is 1.45 bits per heavy atom. The summed E-state index contributed by atoms with van der Waals surface area (Å²) in [4.78, 5) is 10.9. The number of nitrogens with zero attached hydrogens (tertiary/aromatic N) is 2. The maximum absolute atomic E-state index is 6.12. The van der Waals surface area contributed by atoms with Crippen molar-refractivity contribution in [1.29, 1.82) is 0 Å². The largest absolute Gasteiger partial charge is 0.228 e. The predicted molar refractivity (Wildman–Crippen MR) is 248 cm³/mol. The van der Waals surface area contributed by atoms with Crippen LogP contribution in [0.15, 0.2) is 146 Å². The van der Waals surface area contributed by atoms with Gasteiger partial charge < -0.3 is 0 Å². The summed E-state index contributed by atoms with van der Waals surface area (Å²) in [6, 6.07) is 52.1. The van der Waals surface area contributed by atoms with Crippen LogP contribution < -0.4 is 0 Å². The second-order valence-corrected chi connectivity index (χ2v) is 16.2. The van der Waals surface area contributed by atoms with Crippen molar-refractivity contribution >= 4 is 32.3 Å². The van der Waals surface area contributed by atoms with Crippen LogP contribution in [0.4, 0.5) is 0 Å². The number of hydrogen-bond acceptors (Lipinski definition) is 2. The van der Waals surface area contributed by atoms with E-state index in [0.717, 1.165) is 61.3 Å². The van der Waals surface area contributed by atoms with E-state index in [2.05, 4.69) is 169 Å². The minimum Gasteiger partial charge on any atom is -0.228 e. The van der Waals surface area contributed by atoms with Gasteiger partial charge in [-0.25, -0.2) is 9.97 Å². The summed E-state index contributed by atoms with van der Waals surface area (Å²) < 4.78 is 0. The first-order valence-corrected chi connectivity index (χ1v) is 20.3. The van der Waals surface area contributed by atoms with Gasteiger partial charge in [-0.15, -0.1) is 49.4 Å². The molecule has 0 aliphatic heterocycles. The Bertz CT molecular complexity index is 3240. The zero-order chi connectivity index (χ0) is 40.6. The minimum atomic E-state index is -0.523. The van der Waals surface area contributed by atoms with Crippen molar-refractivity contribution in [3.8, 4) is 106 Å². The van der Waals surface area contributed by atoms with E-state index in [-0.39, 0.29) is 0 Å². The molecule has 0 saturated carbocycles. The van der Waals surface area contributed by atoms with Gasteiger partial charge in [-0.1, -0.05) is 127 Å². The molecule has 0 N–H and O–H groups in total. The van der Waals surface area contributed by atoms with E-state index in [9.17, 15) is 0 Å². The van der Waals surface area contributed by atoms with Crippen molar-refractivity contribution in [1.82, 2.24) is 9.97 Å². The molecule has 0 unspecified atom stereocenters. The summed E-state index contributed by atoms with van der Waals surface area (Å²) in [6.07, 6.45) is 26.4. The van der Waals surface area contributed by atoms with E-state index < -0.39 is 10.8 Å². The van der Waals surface area contributed by atoms with E-state index in [1.165, 1.54) is 43.6 Å². The maximum Gasteiger partial charge on any atom is 0.160 e. The molecule has 2 nitrogen and oxygen atoms in total. The fraction of sp³-hybridized carbons (Fsp3) is 0.103. The first-order chi connectivity index (χ1) is 29.5. The molecule has 60 heavy (non-hydrogen) atoms. The van der Waals surface area contributed by atoms with Crippen molar-refractivity contribution in [3.63, 3.8) is 0 Å². The fourth-order valence-electron chi connectivity index (χ4n) is 10.6. The standard InChI is InChI=1S/C58H36N2/c1-5-30-57(31-6-2)48-18-11-9-16-42(48)44-26-24-40(34-50(44)57)52-36-53(46-28-22-39-21-20-37-14-13-15-38-23-29-47(46)55(39)54(37)38)60-56(59-52)41-25-27-45-43-17-10-12-19-49(43)58(32-7-3,33-8-4)51(45)35-41/h1-4,9-29,34-36H,30-33H2. The molecule has 0 radical (unpaired) electrons.